The number of likely N-dealkylation sites (tertiary alicyclic amines) is 1. The number of carbonyl (C=O) groups is 5. The Balaban J connectivity index is 3.02. The van der Waals surface area contributed by atoms with Crippen LogP contribution in [0.1, 0.15) is 38.5 Å². The first-order chi connectivity index (χ1) is 16.0. The lowest BCUT2D eigenvalue weighted by molar-refractivity contribution is -0.149. The van der Waals surface area contributed by atoms with Gasteiger partial charge in [-0.3, -0.25) is 24.2 Å². The van der Waals surface area contributed by atoms with Gasteiger partial charge in [0.1, 0.15) is 18.1 Å². The van der Waals surface area contributed by atoms with Crippen molar-refractivity contribution in [3.05, 3.63) is 0 Å². The highest BCUT2D eigenvalue weighted by Crippen LogP contribution is 2.19. The molecule has 4 atom stereocenters. The minimum Gasteiger partial charge on any atom is -0.480 e. The van der Waals surface area contributed by atoms with E-state index < -0.39 is 53.8 Å². The van der Waals surface area contributed by atoms with E-state index in [0.717, 1.165) is 4.90 Å². The smallest absolute Gasteiger partial charge is 0.326 e. The number of primary amides is 1. The maximum Gasteiger partial charge on any atom is 0.326 e. The third-order valence-electron chi connectivity index (χ3n) is 5.23. The predicted octanol–water partition coefficient (Wildman–Crippen LogP) is -3.39. The number of amides is 4. The van der Waals surface area contributed by atoms with Crippen LogP contribution in [0.25, 0.3) is 0 Å². The third-order valence-corrected chi connectivity index (χ3v) is 5.62. The van der Waals surface area contributed by atoms with E-state index in [4.69, 9.17) is 22.9 Å². The minimum atomic E-state index is -1.21. The Morgan fingerprint density at radius 2 is 1.71 bits per heavy atom. The standard InChI is InChI=1S/C19H34N8O6S/c20-10(9-34)15(29)25-11(3-1-7-24-19(22)23)16(30)26-12(5-6-14(21)28)17(31)27-8-2-4-13(27)18(32)33/h10-13,34H,1-9,20H2,(H2,21,28)(H,25,29)(H,26,30)(H,32,33)(H4,22,23,24). The molecule has 4 amide bonds. The van der Waals surface area contributed by atoms with Crippen molar-refractivity contribution < 1.29 is 29.1 Å². The number of guanidine groups is 1. The summed E-state index contributed by atoms with van der Waals surface area (Å²) in [6.07, 6.45) is 0.861. The summed E-state index contributed by atoms with van der Waals surface area (Å²) in [6.45, 7) is 0.396. The van der Waals surface area contributed by atoms with Crippen molar-refractivity contribution in [3.63, 3.8) is 0 Å². The highest BCUT2D eigenvalue weighted by molar-refractivity contribution is 7.80. The van der Waals surface area contributed by atoms with Crippen molar-refractivity contribution in [1.29, 1.82) is 0 Å². The molecule has 1 saturated heterocycles. The first-order valence-corrected chi connectivity index (χ1v) is 11.4. The van der Waals surface area contributed by atoms with Crippen molar-refractivity contribution in [2.75, 3.05) is 18.8 Å². The molecular weight excluding hydrogens is 468 g/mol. The highest BCUT2D eigenvalue weighted by Gasteiger charge is 2.38. The van der Waals surface area contributed by atoms with E-state index in [2.05, 4.69) is 28.3 Å². The van der Waals surface area contributed by atoms with Gasteiger partial charge in [0.15, 0.2) is 5.96 Å². The van der Waals surface area contributed by atoms with E-state index in [0.29, 0.717) is 12.8 Å². The molecule has 15 heteroatoms. The topological polar surface area (TPSA) is 249 Å². The van der Waals surface area contributed by atoms with E-state index in [1.165, 1.54) is 0 Å². The number of rotatable bonds is 14. The first kappa shape index (κ1) is 29.0. The number of carboxylic acid groups (broad SMARTS) is 1. The second kappa shape index (κ2) is 14.2. The van der Waals surface area contributed by atoms with Gasteiger partial charge in [0, 0.05) is 25.3 Å². The van der Waals surface area contributed by atoms with Crippen LogP contribution in [-0.2, 0) is 24.0 Å². The number of carboxylic acids is 1. The summed E-state index contributed by atoms with van der Waals surface area (Å²) in [4.78, 5) is 66.2. The number of aliphatic imine (C=N–C) groups is 1. The lowest BCUT2D eigenvalue weighted by Gasteiger charge is -2.28. The van der Waals surface area contributed by atoms with E-state index >= 15 is 0 Å². The van der Waals surface area contributed by atoms with Gasteiger partial charge in [-0.25, -0.2) is 4.79 Å². The number of nitrogens with two attached hydrogens (primary N) is 4. The van der Waals surface area contributed by atoms with Crippen molar-refractivity contribution in [3.8, 4) is 0 Å². The number of nitrogens with one attached hydrogen (secondary N) is 2. The summed E-state index contributed by atoms with van der Waals surface area (Å²) in [7, 11) is 0. The van der Waals surface area contributed by atoms with E-state index in [9.17, 15) is 29.1 Å². The number of carbonyl (C=O) groups excluding carboxylic acids is 4. The zero-order valence-corrected chi connectivity index (χ0v) is 19.7. The normalized spacial score (nSPS) is 17.8. The first-order valence-electron chi connectivity index (χ1n) is 10.8. The molecule has 1 aliphatic rings. The quantitative estimate of drug-likeness (QED) is 0.0509. The molecule has 1 aliphatic heterocycles. The summed E-state index contributed by atoms with van der Waals surface area (Å²) in [5, 5.41) is 14.4. The van der Waals surface area contributed by atoms with E-state index in [1.54, 1.807) is 0 Å². The molecule has 0 aromatic carbocycles. The summed E-state index contributed by atoms with van der Waals surface area (Å²) >= 11 is 3.97. The summed E-state index contributed by atoms with van der Waals surface area (Å²) in [5.41, 5.74) is 21.4. The molecule has 0 radical (unpaired) electrons. The van der Waals surface area contributed by atoms with Crippen molar-refractivity contribution in [1.82, 2.24) is 15.5 Å². The van der Waals surface area contributed by atoms with Gasteiger partial charge in [0.25, 0.3) is 0 Å². The Bertz CT molecular complexity index is 791. The summed E-state index contributed by atoms with van der Waals surface area (Å²) in [6, 6.07) is -4.30. The predicted molar refractivity (Wildman–Crippen MR) is 126 cm³/mol. The molecule has 1 fully saturated rings. The van der Waals surface area contributed by atoms with Crippen LogP contribution in [0, 0.1) is 0 Å². The molecule has 1 rings (SSSR count). The molecule has 0 saturated carbocycles. The fourth-order valence-electron chi connectivity index (χ4n) is 3.44. The van der Waals surface area contributed by atoms with Crippen LogP contribution in [0.3, 0.4) is 0 Å². The number of thiol groups is 1. The van der Waals surface area contributed by atoms with Crippen LogP contribution >= 0.6 is 12.6 Å². The number of nitrogens with zero attached hydrogens (tertiary/aromatic N) is 2. The molecule has 0 bridgehead atoms. The summed E-state index contributed by atoms with van der Waals surface area (Å²) in [5.74, 6) is -3.91. The molecule has 14 nitrogen and oxygen atoms in total. The zero-order valence-electron chi connectivity index (χ0n) is 18.8. The SMILES string of the molecule is NC(=O)CCC(NC(=O)C(CCCN=C(N)N)NC(=O)C(N)CS)C(=O)N1CCCC1C(=O)O. The molecule has 0 aliphatic carbocycles. The van der Waals surface area contributed by atoms with Gasteiger partial charge in [-0.2, -0.15) is 12.6 Å². The monoisotopic (exact) mass is 502 g/mol. The van der Waals surface area contributed by atoms with Crippen molar-refractivity contribution >= 4 is 48.2 Å². The molecule has 0 aromatic rings. The Hall–Kier alpha value is -3.07. The Kier molecular flexibility index (Phi) is 12.1. The van der Waals surface area contributed by atoms with Gasteiger partial charge in [-0.15, -0.1) is 0 Å². The average Bonchev–Trinajstić information content (AvgIpc) is 3.27. The van der Waals surface area contributed by atoms with Crippen LogP contribution in [0.2, 0.25) is 0 Å². The van der Waals surface area contributed by atoms with Crippen LogP contribution in [0.5, 0.6) is 0 Å². The molecule has 11 N–H and O–H groups in total. The molecule has 1 heterocycles. The lowest BCUT2D eigenvalue weighted by Crippen LogP contribution is -2.57. The van der Waals surface area contributed by atoms with Gasteiger partial charge in [0.2, 0.25) is 23.6 Å². The number of aliphatic carboxylic acids is 1. The highest BCUT2D eigenvalue weighted by atomic mass is 32.1. The van der Waals surface area contributed by atoms with Crippen LogP contribution in [0.15, 0.2) is 4.99 Å². The lowest BCUT2D eigenvalue weighted by atomic mass is 10.1. The van der Waals surface area contributed by atoms with Crippen LogP contribution < -0.4 is 33.6 Å². The Morgan fingerprint density at radius 1 is 1.06 bits per heavy atom. The fourth-order valence-corrected chi connectivity index (χ4v) is 3.60. The van der Waals surface area contributed by atoms with Gasteiger partial charge in [0.05, 0.1) is 6.04 Å². The third kappa shape index (κ3) is 9.43. The van der Waals surface area contributed by atoms with Gasteiger partial charge >= 0.3 is 5.97 Å². The van der Waals surface area contributed by atoms with E-state index in [-0.39, 0.29) is 50.5 Å². The second-order valence-corrected chi connectivity index (χ2v) is 8.26. The van der Waals surface area contributed by atoms with Crippen LogP contribution in [-0.4, -0.2) is 88.6 Å². The molecule has 4 unspecified atom stereocenters. The van der Waals surface area contributed by atoms with Gasteiger partial charge in [-0.05, 0) is 32.1 Å². The molecule has 0 aromatic heterocycles. The zero-order chi connectivity index (χ0) is 25.8. The maximum absolute atomic E-state index is 13.1. The van der Waals surface area contributed by atoms with Crippen molar-refractivity contribution in [2.45, 2.75) is 62.7 Å². The van der Waals surface area contributed by atoms with Crippen LogP contribution in [0.4, 0.5) is 0 Å². The van der Waals surface area contributed by atoms with Gasteiger partial charge in [-0.1, -0.05) is 0 Å². The Morgan fingerprint density at radius 3 is 2.26 bits per heavy atom. The van der Waals surface area contributed by atoms with Crippen molar-refractivity contribution in [2.24, 2.45) is 27.9 Å². The van der Waals surface area contributed by atoms with Gasteiger partial charge < -0.3 is 43.6 Å². The maximum atomic E-state index is 13.1. The Labute approximate surface area is 202 Å². The molecule has 192 valence electrons. The molecular formula is C19H34N8O6S. The number of hydrogen-bond acceptors (Lipinski definition) is 8. The second-order valence-electron chi connectivity index (χ2n) is 7.89. The summed E-state index contributed by atoms with van der Waals surface area (Å²) < 4.78 is 0. The largest absolute Gasteiger partial charge is 0.480 e. The van der Waals surface area contributed by atoms with E-state index in [1.807, 2.05) is 0 Å². The molecule has 34 heavy (non-hydrogen) atoms. The number of hydrogen-bond donors (Lipinski definition) is 8. The minimum absolute atomic E-state index is 0.0411. The fraction of sp³-hybridized carbons (Fsp3) is 0.684. The molecule has 0 spiro atoms. The average molecular weight is 503 g/mol.